The van der Waals surface area contributed by atoms with Crippen molar-refractivity contribution in [3.05, 3.63) is 107 Å². The number of carbonyl (C=O) groups is 2. The number of ether oxygens (including phenoxy) is 3. The van der Waals surface area contributed by atoms with E-state index in [2.05, 4.69) is 0 Å². The van der Waals surface area contributed by atoms with Crippen LogP contribution in [-0.2, 0) is 11.4 Å². The second-order valence-corrected chi connectivity index (χ2v) is 9.57. The minimum Gasteiger partial charge on any atom is -0.491 e. The molecule has 5 rings (SSSR count). The van der Waals surface area contributed by atoms with Gasteiger partial charge in [-0.1, -0.05) is 72.8 Å². The minimum absolute atomic E-state index is 0.168. The highest BCUT2D eigenvalue weighted by atomic mass is 32.2. The lowest BCUT2D eigenvalue weighted by molar-refractivity contribution is -0.123. The van der Waals surface area contributed by atoms with E-state index >= 15 is 0 Å². The van der Waals surface area contributed by atoms with Gasteiger partial charge in [-0.05, 0) is 59.5 Å². The summed E-state index contributed by atoms with van der Waals surface area (Å²) in [5, 5.41) is 1.75. The van der Waals surface area contributed by atoms with Crippen LogP contribution >= 0.6 is 11.8 Å². The lowest BCUT2D eigenvalue weighted by Crippen LogP contribution is -2.32. The summed E-state index contributed by atoms with van der Waals surface area (Å²) < 4.78 is 17.7. The third-order valence-electron chi connectivity index (χ3n) is 6.00. The van der Waals surface area contributed by atoms with E-state index in [9.17, 15) is 9.59 Å². The number of benzene rings is 4. The van der Waals surface area contributed by atoms with Crippen molar-refractivity contribution < 1.29 is 23.8 Å². The predicted octanol–water partition coefficient (Wildman–Crippen LogP) is 6.93. The van der Waals surface area contributed by atoms with E-state index in [1.165, 1.54) is 4.90 Å². The summed E-state index contributed by atoms with van der Waals surface area (Å²) in [6.45, 7) is 3.17. The van der Waals surface area contributed by atoms with Gasteiger partial charge in [-0.25, -0.2) is 0 Å². The van der Waals surface area contributed by atoms with Crippen LogP contribution in [0.2, 0.25) is 0 Å². The maximum atomic E-state index is 13.0. The Kier molecular flexibility index (Phi) is 7.95. The van der Waals surface area contributed by atoms with Crippen molar-refractivity contribution in [2.75, 3.05) is 19.8 Å². The van der Waals surface area contributed by atoms with E-state index in [0.717, 1.165) is 39.4 Å². The van der Waals surface area contributed by atoms with Gasteiger partial charge in [-0.2, -0.15) is 0 Å². The number of fused-ring (bicyclic) bond motifs is 1. The molecule has 7 heteroatoms. The Balaban J connectivity index is 1.25. The molecule has 0 bridgehead atoms. The third kappa shape index (κ3) is 5.84. The molecule has 0 spiro atoms. The Labute approximate surface area is 225 Å². The number of imide groups is 1. The Morgan fingerprint density at radius 2 is 1.58 bits per heavy atom. The Morgan fingerprint density at radius 3 is 2.42 bits per heavy atom. The number of amides is 2. The molecule has 1 aliphatic rings. The molecule has 2 amide bonds. The van der Waals surface area contributed by atoms with Crippen LogP contribution < -0.4 is 14.2 Å². The first-order valence-electron chi connectivity index (χ1n) is 12.4. The molecule has 0 N–H and O–H groups in total. The van der Waals surface area contributed by atoms with E-state index in [4.69, 9.17) is 14.2 Å². The zero-order valence-corrected chi connectivity index (χ0v) is 21.8. The maximum Gasteiger partial charge on any atom is 0.293 e. The van der Waals surface area contributed by atoms with Gasteiger partial charge in [0.25, 0.3) is 11.1 Å². The standard InChI is InChI=1S/C31H27NO5S/c1-2-35-28-19-23(15-16-27(28)37-21-22-9-4-3-5-10-22)20-29-30(33)32(31(34)38-29)17-18-36-26-14-8-12-24-11-6-7-13-25(24)26/h3-16,19-20H,2,17-18,21H2,1H3/b29-20-. The summed E-state index contributed by atoms with van der Waals surface area (Å²) in [5.74, 6) is 1.60. The normalized spacial score (nSPS) is 14.3. The fraction of sp³-hybridized carbons (Fsp3) is 0.161. The average molecular weight is 526 g/mol. The molecule has 1 heterocycles. The van der Waals surface area contributed by atoms with Crippen LogP contribution in [0.15, 0.2) is 95.9 Å². The van der Waals surface area contributed by atoms with Gasteiger partial charge in [0.1, 0.15) is 19.0 Å². The smallest absolute Gasteiger partial charge is 0.293 e. The van der Waals surface area contributed by atoms with Crippen molar-refractivity contribution in [3.8, 4) is 17.2 Å². The zero-order valence-electron chi connectivity index (χ0n) is 21.0. The highest BCUT2D eigenvalue weighted by molar-refractivity contribution is 8.18. The number of hydrogen-bond acceptors (Lipinski definition) is 6. The van der Waals surface area contributed by atoms with Gasteiger partial charge in [0.05, 0.1) is 18.1 Å². The lowest BCUT2D eigenvalue weighted by Gasteiger charge is -2.14. The van der Waals surface area contributed by atoms with Crippen LogP contribution in [0.1, 0.15) is 18.1 Å². The predicted molar refractivity (Wildman–Crippen MR) is 151 cm³/mol. The van der Waals surface area contributed by atoms with Gasteiger partial charge in [0.15, 0.2) is 11.5 Å². The van der Waals surface area contributed by atoms with Crippen LogP contribution in [0.3, 0.4) is 0 Å². The molecule has 192 valence electrons. The molecule has 4 aromatic carbocycles. The van der Waals surface area contributed by atoms with Crippen LogP contribution in [0.4, 0.5) is 4.79 Å². The van der Waals surface area contributed by atoms with Crippen molar-refractivity contribution in [2.24, 2.45) is 0 Å². The second kappa shape index (κ2) is 11.9. The van der Waals surface area contributed by atoms with Crippen molar-refractivity contribution in [1.29, 1.82) is 0 Å². The first kappa shape index (κ1) is 25.4. The third-order valence-corrected chi connectivity index (χ3v) is 6.91. The van der Waals surface area contributed by atoms with E-state index in [-0.39, 0.29) is 24.3 Å². The number of hydrogen-bond donors (Lipinski definition) is 0. The molecule has 4 aromatic rings. The number of thioether (sulfide) groups is 1. The molecule has 6 nitrogen and oxygen atoms in total. The molecular weight excluding hydrogens is 498 g/mol. The number of nitrogens with zero attached hydrogens (tertiary/aromatic N) is 1. The van der Waals surface area contributed by atoms with Crippen molar-refractivity contribution in [1.82, 2.24) is 4.90 Å². The van der Waals surface area contributed by atoms with Crippen LogP contribution in [-0.4, -0.2) is 35.8 Å². The molecule has 38 heavy (non-hydrogen) atoms. The number of rotatable bonds is 10. The lowest BCUT2D eigenvalue weighted by atomic mass is 10.1. The van der Waals surface area contributed by atoms with E-state index < -0.39 is 0 Å². The first-order chi connectivity index (χ1) is 18.6. The van der Waals surface area contributed by atoms with E-state index in [1.54, 1.807) is 6.08 Å². The quantitative estimate of drug-likeness (QED) is 0.209. The molecule has 0 unspecified atom stereocenters. The SMILES string of the molecule is CCOc1cc(/C=C2\SC(=O)N(CCOc3cccc4ccccc34)C2=O)ccc1OCc1ccccc1. The largest absolute Gasteiger partial charge is 0.491 e. The summed E-state index contributed by atoms with van der Waals surface area (Å²) in [5.41, 5.74) is 1.80. The van der Waals surface area contributed by atoms with Crippen LogP contribution in [0, 0.1) is 0 Å². The molecule has 1 fully saturated rings. The summed E-state index contributed by atoms with van der Waals surface area (Å²) in [7, 11) is 0. The van der Waals surface area contributed by atoms with Crippen molar-refractivity contribution in [2.45, 2.75) is 13.5 Å². The molecule has 0 aromatic heterocycles. The summed E-state index contributed by atoms with van der Waals surface area (Å²) >= 11 is 0.927. The van der Waals surface area contributed by atoms with Crippen molar-refractivity contribution >= 4 is 39.8 Å². The monoisotopic (exact) mass is 525 g/mol. The van der Waals surface area contributed by atoms with Gasteiger partial charge in [0, 0.05) is 5.39 Å². The first-order valence-corrected chi connectivity index (χ1v) is 13.2. The second-order valence-electron chi connectivity index (χ2n) is 8.57. The van der Waals surface area contributed by atoms with Gasteiger partial charge < -0.3 is 14.2 Å². The van der Waals surface area contributed by atoms with Gasteiger partial charge in [-0.15, -0.1) is 0 Å². The summed E-state index contributed by atoms with van der Waals surface area (Å²) in [6, 6.07) is 29.1. The summed E-state index contributed by atoms with van der Waals surface area (Å²) in [6.07, 6.45) is 1.71. The molecular formula is C31H27NO5S. The summed E-state index contributed by atoms with van der Waals surface area (Å²) in [4.78, 5) is 27.2. The molecule has 1 saturated heterocycles. The van der Waals surface area contributed by atoms with Gasteiger partial charge >= 0.3 is 0 Å². The molecule has 0 radical (unpaired) electrons. The highest BCUT2D eigenvalue weighted by Crippen LogP contribution is 2.35. The van der Waals surface area contributed by atoms with Gasteiger partial charge in [0.2, 0.25) is 0 Å². The number of carbonyl (C=O) groups excluding carboxylic acids is 2. The van der Waals surface area contributed by atoms with Crippen molar-refractivity contribution in [3.63, 3.8) is 0 Å². The Morgan fingerprint density at radius 1 is 0.789 bits per heavy atom. The van der Waals surface area contributed by atoms with Gasteiger partial charge in [-0.3, -0.25) is 14.5 Å². The van der Waals surface area contributed by atoms with E-state index in [1.807, 2.05) is 97.9 Å². The van der Waals surface area contributed by atoms with Crippen LogP contribution in [0.25, 0.3) is 16.8 Å². The zero-order chi connectivity index (χ0) is 26.3. The van der Waals surface area contributed by atoms with Crippen LogP contribution in [0.5, 0.6) is 17.2 Å². The topological polar surface area (TPSA) is 65.1 Å². The Hall–Kier alpha value is -4.23. The molecule has 0 atom stereocenters. The maximum absolute atomic E-state index is 13.0. The van der Waals surface area contributed by atoms with E-state index in [0.29, 0.717) is 29.6 Å². The average Bonchev–Trinajstić information content (AvgIpc) is 3.21. The fourth-order valence-electron chi connectivity index (χ4n) is 4.15. The highest BCUT2D eigenvalue weighted by Gasteiger charge is 2.34. The Bertz CT molecular complexity index is 1480. The molecule has 0 aliphatic carbocycles. The molecule has 0 saturated carbocycles. The minimum atomic E-state index is -0.330. The molecule has 1 aliphatic heterocycles. The fourth-order valence-corrected chi connectivity index (χ4v) is 5.01.